The van der Waals surface area contributed by atoms with E-state index in [9.17, 15) is 4.79 Å². The molecule has 4 rings (SSSR count). The molecule has 150 valence electrons. The van der Waals surface area contributed by atoms with Gasteiger partial charge in [-0.3, -0.25) is 4.79 Å². The zero-order chi connectivity index (χ0) is 19.8. The molecular formula is C22H30N4O2. The highest BCUT2D eigenvalue weighted by atomic mass is 16.5. The van der Waals surface area contributed by atoms with Gasteiger partial charge in [-0.25, -0.2) is 4.68 Å². The highest BCUT2D eigenvalue weighted by Crippen LogP contribution is 2.46. The summed E-state index contributed by atoms with van der Waals surface area (Å²) in [5.41, 5.74) is 1.45. The van der Waals surface area contributed by atoms with E-state index in [1.54, 1.807) is 24.2 Å². The molecule has 1 amide bonds. The lowest BCUT2D eigenvalue weighted by molar-refractivity contribution is 0.0726. The first-order chi connectivity index (χ1) is 13.5. The topological polar surface area (TPSA) is 50.6 Å². The van der Waals surface area contributed by atoms with E-state index in [0.29, 0.717) is 17.6 Å². The van der Waals surface area contributed by atoms with Gasteiger partial charge in [-0.2, -0.15) is 5.10 Å². The second-order valence-electron chi connectivity index (χ2n) is 8.50. The number of methoxy groups -OCH3 is 1. The van der Waals surface area contributed by atoms with Crippen molar-refractivity contribution in [1.29, 1.82) is 0 Å². The van der Waals surface area contributed by atoms with Crippen LogP contribution >= 0.6 is 0 Å². The van der Waals surface area contributed by atoms with E-state index >= 15 is 0 Å². The van der Waals surface area contributed by atoms with Crippen molar-refractivity contribution in [2.45, 2.75) is 37.8 Å². The summed E-state index contributed by atoms with van der Waals surface area (Å²) in [6.07, 6.45) is 8.23. The average molecular weight is 383 g/mol. The van der Waals surface area contributed by atoms with E-state index in [1.165, 1.54) is 12.8 Å². The van der Waals surface area contributed by atoms with Crippen LogP contribution in [0.15, 0.2) is 36.7 Å². The maximum atomic E-state index is 13.1. The molecule has 1 heterocycles. The number of aromatic nitrogens is 2. The van der Waals surface area contributed by atoms with Gasteiger partial charge < -0.3 is 14.5 Å². The molecule has 1 aromatic heterocycles. The second-order valence-corrected chi connectivity index (χ2v) is 8.50. The van der Waals surface area contributed by atoms with Crippen LogP contribution in [-0.4, -0.2) is 65.8 Å². The molecule has 0 saturated heterocycles. The van der Waals surface area contributed by atoms with Gasteiger partial charge in [0.25, 0.3) is 5.91 Å². The Morgan fingerprint density at radius 3 is 2.36 bits per heavy atom. The van der Waals surface area contributed by atoms with Crippen LogP contribution in [0.5, 0.6) is 5.75 Å². The van der Waals surface area contributed by atoms with E-state index in [-0.39, 0.29) is 5.91 Å². The summed E-state index contributed by atoms with van der Waals surface area (Å²) in [5.74, 6) is 2.29. The first kappa shape index (κ1) is 19.0. The highest BCUT2D eigenvalue weighted by Gasteiger charge is 2.44. The number of ether oxygens (including phenoxy) is 1. The number of carbonyl (C=O) groups excluding carboxylic acids is 1. The number of nitrogens with zero attached hydrogens (tertiary/aromatic N) is 4. The largest absolute Gasteiger partial charge is 0.494 e. The molecule has 2 saturated carbocycles. The lowest BCUT2D eigenvalue weighted by atomic mass is 10.0. The van der Waals surface area contributed by atoms with Crippen LogP contribution in [0, 0.1) is 11.8 Å². The van der Waals surface area contributed by atoms with Crippen LogP contribution in [0.2, 0.25) is 0 Å². The third kappa shape index (κ3) is 3.41. The Balaban J connectivity index is 1.44. The van der Waals surface area contributed by atoms with Crippen molar-refractivity contribution in [2.75, 3.05) is 28.3 Å². The van der Waals surface area contributed by atoms with Gasteiger partial charge in [0.1, 0.15) is 11.4 Å². The molecule has 0 N–H and O–H groups in total. The zero-order valence-corrected chi connectivity index (χ0v) is 17.2. The molecule has 0 aliphatic heterocycles. The number of benzene rings is 1. The Morgan fingerprint density at radius 2 is 1.71 bits per heavy atom. The van der Waals surface area contributed by atoms with Crippen molar-refractivity contribution in [3.63, 3.8) is 0 Å². The Labute approximate surface area is 167 Å². The molecule has 0 bridgehead atoms. The van der Waals surface area contributed by atoms with Crippen molar-refractivity contribution in [1.82, 2.24) is 19.6 Å². The third-order valence-corrected chi connectivity index (χ3v) is 6.73. The number of amides is 1. The fraction of sp³-hybridized carbons (Fsp3) is 0.545. The van der Waals surface area contributed by atoms with Crippen molar-refractivity contribution in [3.8, 4) is 11.4 Å². The molecule has 6 heteroatoms. The predicted octanol–water partition coefficient (Wildman–Crippen LogP) is 3.07. The fourth-order valence-electron chi connectivity index (χ4n) is 5.04. The van der Waals surface area contributed by atoms with Crippen LogP contribution < -0.4 is 4.74 Å². The second kappa shape index (κ2) is 7.59. The molecule has 2 aliphatic carbocycles. The van der Waals surface area contributed by atoms with Crippen LogP contribution in [0.3, 0.4) is 0 Å². The van der Waals surface area contributed by atoms with Gasteiger partial charge in [-0.15, -0.1) is 0 Å². The molecule has 2 fully saturated rings. The highest BCUT2D eigenvalue weighted by molar-refractivity contribution is 5.93. The fourth-order valence-corrected chi connectivity index (χ4v) is 5.04. The lowest BCUT2D eigenvalue weighted by Gasteiger charge is -2.26. The van der Waals surface area contributed by atoms with Gasteiger partial charge in [0.05, 0.1) is 18.9 Å². The van der Waals surface area contributed by atoms with Crippen molar-refractivity contribution < 1.29 is 9.53 Å². The number of hydrogen-bond acceptors (Lipinski definition) is 4. The monoisotopic (exact) mass is 382 g/mol. The van der Waals surface area contributed by atoms with Crippen molar-refractivity contribution in [3.05, 3.63) is 42.2 Å². The lowest BCUT2D eigenvalue weighted by Crippen LogP contribution is -2.36. The standard InChI is InChI=1S/C22H30N4O2/c1-24(2)18-9-15-11-19(12-16(15)10-18)25(3)22(27)17-13-23-26(14-17)20-7-5-6-8-21(20)28-4/h5-8,13-16,18-19H,9-12H2,1-4H3/t15-,16+,18?,19?. The summed E-state index contributed by atoms with van der Waals surface area (Å²) in [6, 6.07) is 8.72. The molecule has 0 radical (unpaired) electrons. The summed E-state index contributed by atoms with van der Waals surface area (Å²) in [4.78, 5) is 17.3. The van der Waals surface area contributed by atoms with Gasteiger partial charge in [0, 0.05) is 25.3 Å². The molecule has 28 heavy (non-hydrogen) atoms. The zero-order valence-electron chi connectivity index (χ0n) is 17.2. The SMILES string of the molecule is COc1ccccc1-n1cc(C(=O)N(C)C2C[C@H]3CC(N(C)C)C[C@H]3C2)cn1. The van der Waals surface area contributed by atoms with Crippen molar-refractivity contribution >= 4 is 5.91 Å². The minimum Gasteiger partial charge on any atom is -0.494 e. The molecule has 2 aromatic rings. The molecular weight excluding hydrogens is 352 g/mol. The molecule has 4 atom stereocenters. The summed E-state index contributed by atoms with van der Waals surface area (Å²) < 4.78 is 7.12. The molecule has 1 aromatic carbocycles. The van der Waals surface area contributed by atoms with E-state index in [0.717, 1.165) is 36.1 Å². The summed E-state index contributed by atoms with van der Waals surface area (Å²) in [7, 11) is 7.94. The van der Waals surface area contributed by atoms with Gasteiger partial charge in [-0.05, 0) is 63.7 Å². The van der Waals surface area contributed by atoms with Gasteiger partial charge >= 0.3 is 0 Å². The predicted molar refractivity (Wildman–Crippen MR) is 109 cm³/mol. The summed E-state index contributed by atoms with van der Waals surface area (Å²) >= 11 is 0. The molecule has 6 nitrogen and oxygen atoms in total. The molecule has 2 aliphatic rings. The van der Waals surface area contributed by atoms with Crippen molar-refractivity contribution in [2.24, 2.45) is 11.8 Å². The van der Waals surface area contributed by atoms with Crippen LogP contribution in [-0.2, 0) is 0 Å². The smallest absolute Gasteiger partial charge is 0.257 e. The number of fused-ring (bicyclic) bond motifs is 1. The Morgan fingerprint density at radius 1 is 1.07 bits per heavy atom. The normalized spacial score (nSPS) is 26.5. The number of para-hydroxylation sites is 2. The first-order valence-electron chi connectivity index (χ1n) is 10.1. The Hall–Kier alpha value is -2.34. The van der Waals surface area contributed by atoms with E-state index < -0.39 is 0 Å². The number of rotatable bonds is 5. The van der Waals surface area contributed by atoms with E-state index in [1.807, 2.05) is 36.2 Å². The van der Waals surface area contributed by atoms with Crippen LogP contribution in [0.25, 0.3) is 5.69 Å². The van der Waals surface area contributed by atoms with Crippen LogP contribution in [0.4, 0.5) is 0 Å². The minimum atomic E-state index is 0.0512. The third-order valence-electron chi connectivity index (χ3n) is 6.73. The number of carbonyl (C=O) groups is 1. The number of hydrogen-bond donors (Lipinski definition) is 0. The van der Waals surface area contributed by atoms with Gasteiger partial charge in [0.2, 0.25) is 0 Å². The molecule has 0 spiro atoms. The van der Waals surface area contributed by atoms with Gasteiger partial charge in [-0.1, -0.05) is 12.1 Å². The van der Waals surface area contributed by atoms with Gasteiger partial charge in [0.15, 0.2) is 0 Å². The minimum absolute atomic E-state index is 0.0512. The first-order valence-corrected chi connectivity index (χ1v) is 10.1. The summed E-state index contributed by atoms with van der Waals surface area (Å²) in [5, 5.41) is 4.40. The average Bonchev–Trinajstić information content (AvgIpc) is 3.41. The van der Waals surface area contributed by atoms with E-state index in [2.05, 4.69) is 24.1 Å². The Kier molecular flexibility index (Phi) is 5.15. The summed E-state index contributed by atoms with van der Waals surface area (Å²) in [6.45, 7) is 0. The quantitative estimate of drug-likeness (QED) is 0.797. The maximum Gasteiger partial charge on any atom is 0.257 e. The van der Waals surface area contributed by atoms with E-state index in [4.69, 9.17) is 4.74 Å². The van der Waals surface area contributed by atoms with Crippen LogP contribution in [0.1, 0.15) is 36.0 Å². The maximum absolute atomic E-state index is 13.1. The molecule has 2 unspecified atom stereocenters. The Bertz CT molecular complexity index is 833.